The lowest BCUT2D eigenvalue weighted by Crippen LogP contribution is -2.05. The molecule has 0 amide bonds. The number of hydrogen-bond donors (Lipinski definition) is 0. The first-order chi connectivity index (χ1) is 6.93. The molecule has 0 unspecified atom stereocenters. The van der Waals surface area contributed by atoms with E-state index in [4.69, 9.17) is 0 Å². The molecule has 82 valence electrons. The Morgan fingerprint density at radius 1 is 1.20 bits per heavy atom. The number of rotatable bonds is 2. The summed E-state index contributed by atoms with van der Waals surface area (Å²) in [5.41, 5.74) is 1.12. The minimum Gasteiger partial charge on any atom is -0.297 e. The molecule has 4 heteroatoms. The van der Waals surface area contributed by atoms with E-state index in [0.29, 0.717) is 6.42 Å². The summed E-state index contributed by atoms with van der Waals surface area (Å²) in [4.78, 5) is 3.95. The molecule has 0 heterocycles. The number of aliphatic imine (C=N–C) groups is 1. The van der Waals surface area contributed by atoms with E-state index in [2.05, 4.69) is 4.99 Å². The molecule has 0 fully saturated rings. The van der Waals surface area contributed by atoms with Crippen molar-refractivity contribution in [2.75, 3.05) is 7.05 Å². The van der Waals surface area contributed by atoms with Crippen molar-refractivity contribution in [3.05, 3.63) is 35.4 Å². The van der Waals surface area contributed by atoms with Crippen LogP contribution in [-0.2, 0) is 12.6 Å². The second-order valence-corrected chi connectivity index (χ2v) is 3.33. The van der Waals surface area contributed by atoms with Gasteiger partial charge < -0.3 is 0 Å². The molecule has 0 radical (unpaired) electrons. The highest BCUT2D eigenvalue weighted by atomic mass is 19.4. The molecule has 1 rings (SSSR count). The highest BCUT2D eigenvalue weighted by Crippen LogP contribution is 2.29. The molecule has 0 N–H and O–H groups in total. The van der Waals surface area contributed by atoms with Gasteiger partial charge in [-0.1, -0.05) is 12.1 Å². The van der Waals surface area contributed by atoms with Gasteiger partial charge in [-0.2, -0.15) is 13.2 Å². The molecule has 0 aromatic heterocycles. The fraction of sp³-hybridized carbons (Fsp3) is 0.364. The zero-order valence-corrected chi connectivity index (χ0v) is 8.60. The largest absolute Gasteiger partial charge is 0.416 e. The van der Waals surface area contributed by atoms with Crippen molar-refractivity contribution >= 4 is 5.71 Å². The lowest BCUT2D eigenvalue weighted by Gasteiger charge is -2.07. The molecule has 0 bridgehead atoms. The fourth-order valence-electron chi connectivity index (χ4n) is 1.19. The Balaban J connectivity index is 2.82. The number of halogens is 3. The van der Waals surface area contributed by atoms with Gasteiger partial charge in [0.1, 0.15) is 0 Å². The Kier molecular flexibility index (Phi) is 3.50. The molecule has 1 aromatic rings. The van der Waals surface area contributed by atoms with Gasteiger partial charge >= 0.3 is 6.18 Å². The van der Waals surface area contributed by atoms with Crippen LogP contribution in [0, 0.1) is 0 Å². The maximum absolute atomic E-state index is 12.2. The van der Waals surface area contributed by atoms with Crippen molar-refractivity contribution < 1.29 is 13.2 Å². The molecule has 0 aliphatic carbocycles. The lowest BCUT2D eigenvalue weighted by atomic mass is 10.1. The average Bonchev–Trinajstić information content (AvgIpc) is 2.17. The Labute approximate surface area is 86.6 Å². The topological polar surface area (TPSA) is 12.4 Å². The zero-order chi connectivity index (χ0) is 11.5. The number of hydrogen-bond acceptors (Lipinski definition) is 1. The van der Waals surface area contributed by atoms with Crippen LogP contribution in [0.2, 0.25) is 0 Å². The molecular weight excluding hydrogens is 203 g/mol. The molecule has 0 aliphatic rings. The number of benzene rings is 1. The monoisotopic (exact) mass is 215 g/mol. The molecule has 15 heavy (non-hydrogen) atoms. The van der Waals surface area contributed by atoms with Crippen LogP contribution >= 0.6 is 0 Å². The minimum atomic E-state index is -4.26. The molecule has 0 saturated carbocycles. The second kappa shape index (κ2) is 4.47. The standard InChI is InChI=1S/C11H12F3N/c1-8(15-2)7-9-3-5-10(6-4-9)11(12,13)14/h3-6H,7H2,1-2H3. The highest BCUT2D eigenvalue weighted by Gasteiger charge is 2.29. The SMILES string of the molecule is CN=C(C)Cc1ccc(C(F)(F)F)cc1. The van der Waals surface area contributed by atoms with Crippen LogP contribution in [0.3, 0.4) is 0 Å². The third kappa shape index (κ3) is 3.38. The van der Waals surface area contributed by atoms with Crippen molar-refractivity contribution in [2.45, 2.75) is 19.5 Å². The van der Waals surface area contributed by atoms with Crippen molar-refractivity contribution in [3.8, 4) is 0 Å². The molecule has 0 saturated heterocycles. The van der Waals surface area contributed by atoms with E-state index in [1.165, 1.54) is 12.1 Å². The van der Waals surface area contributed by atoms with Gasteiger partial charge in [0, 0.05) is 19.2 Å². The quantitative estimate of drug-likeness (QED) is 0.671. The van der Waals surface area contributed by atoms with Gasteiger partial charge in [0.15, 0.2) is 0 Å². The smallest absolute Gasteiger partial charge is 0.297 e. The van der Waals surface area contributed by atoms with Crippen LogP contribution in [0.25, 0.3) is 0 Å². The van der Waals surface area contributed by atoms with Crippen LogP contribution in [0.15, 0.2) is 29.3 Å². The van der Waals surface area contributed by atoms with E-state index in [1.807, 2.05) is 6.92 Å². The Morgan fingerprint density at radius 3 is 2.13 bits per heavy atom. The maximum atomic E-state index is 12.2. The van der Waals surface area contributed by atoms with Crippen LogP contribution in [0.1, 0.15) is 18.1 Å². The van der Waals surface area contributed by atoms with E-state index >= 15 is 0 Å². The van der Waals surface area contributed by atoms with Gasteiger partial charge in [0.2, 0.25) is 0 Å². The molecule has 1 nitrogen and oxygen atoms in total. The number of alkyl halides is 3. The molecular formula is C11H12F3N. The highest BCUT2D eigenvalue weighted by molar-refractivity contribution is 5.83. The summed E-state index contributed by atoms with van der Waals surface area (Å²) in [5.74, 6) is 0. The van der Waals surface area contributed by atoms with E-state index in [1.54, 1.807) is 7.05 Å². The van der Waals surface area contributed by atoms with Gasteiger partial charge in [-0.3, -0.25) is 4.99 Å². The van der Waals surface area contributed by atoms with Gasteiger partial charge in [0.25, 0.3) is 0 Å². The van der Waals surface area contributed by atoms with Gasteiger partial charge in [0.05, 0.1) is 5.56 Å². The van der Waals surface area contributed by atoms with E-state index < -0.39 is 11.7 Å². The van der Waals surface area contributed by atoms with E-state index in [-0.39, 0.29) is 0 Å². The normalized spacial score (nSPS) is 13.0. The zero-order valence-electron chi connectivity index (χ0n) is 8.60. The Hall–Kier alpha value is -1.32. The van der Waals surface area contributed by atoms with Crippen molar-refractivity contribution in [1.82, 2.24) is 0 Å². The summed E-state index contributed by atoms with van der Waals surface area (Å²) >= 11 is 0. The van der Waals surface area contributed by atoms with E-state index in [0.717, 1.165) is 23.4 Å². The summed E-state index contributed by atoms with van der Waals surface area (Å²) in [6, 6.07) is 5.16. The Morgan fingerprint density at radius 2 is 1.73 bits per heavy atom. The first kappa shape index (κ1) is 11.8. The van der Waals surface area contributed by atoms with Crippen LogP contribution in [-0.4, -0.2) is 12.8 Å². The maximum Gasteiger partial charge on any atom is 0.416 e. The minimum absolute atomic E-state index is 0.592. The van der Waals surface area contributed by atoms with Crippen LogP contribution in [0.4, 0.5) is 13.2 Å². The van der Waals surface area contributed by atoms with Gasteiger partial charge in [-0.25, -0.2) is 0 Å². The molecule has 1 aromatic carbocycles. The molecule has 0 aliphatic heterocycles. The first-order valence-electron chi connectivity index (χ1n) is 4.52. The summed E-state index contributed by atoms with van der Waals surface area (Å²) in [6.07, 6.45) is -3.67. The van der Waals surface area contributed by atoms with Crippen LogP contribution in [0.5, 0.6) is 0 Å². The lowest BCUT2D eigenvalue weighted by molar-refractivity contribution is -0.137. The third-order valence-electron chi connectivity index (χ3n) is 2.12. The van der Waals surface area contributed by atoms with E-state index in [9.17, 15) is 13.2 Å². The van der Waals surface area contributed by atoms with Gasteiger partial charge in [-0.15, -0.1) is 0 Å². The average molecular weight is 215 g/mol. The van der Waals surface area contributed by atoms with Crippen molar-refractivity contribution in [3.63, 3.8) is 0 Å². The molecule has 0 atom stereocenters. The summed E-state index contributed by atoms with van der Waals surface area (Å²) in [5, 5.41) is 0. The van der Waals surface area contributed by atoms with Crippen molar-refractivity contribution in [1.29, 1.82) is 0 Å². The van der Waals surface area contributed by atoms with Gasteiger partial charge in [-0.05, 0) is 24.6 Å². The predicted molar refractivity (Wildman–Crippen MR) is 54.2 cm³/mol. The van der Waals surface area contributed by atoms with Crippen molar-refractivity contribution in [2.24, 2.45) is 4.99 Å². The summed E-state index contributed by atoms with van der Waals surface area (Å²) in [7, 11) is 1.67. The second-order valence-electron chi connectivity index (χ2n) is 3.33. The molecule has 0 spiro atoms. The Bertz CT molecular complexity index is 349. The summed E-state index contributed by atoms with van der Waals surface area (Å²) < 4.78 is 36.7. The van der Waals surface area contributed by atoms with Crippen LogP contribution < -0.4 is 0 Å². The number of nitrogens with zero attached hydrogens (tertiary/aromatic N) is 1. The summed E-state index contributed by atoms with van der Waals surface area (Å²) in [6.45, 7) is 1.84. The first-order valence-corrected chi connectivity index (χ1v) is 4.52. The fourth-order valence-corrected chi connectivity index (χ4v) is 1.19. The predicted octanol–water partition coefficient (Wildman–Crippen LogP) is 3.34. The third-order valence-corrected chi connectivity index (χ3v) is 2.12.